The van der Waals surface area contributed by atoms with Crippen molar-refractivity contribution in [2.24, 2.45) is 11.8 Å². The van der Waals surface area contributed by atoms with Gasteiger partial charge in [0.05, 0.1) is 43.9 Å². The lowest BCUT2D eigenvalue weighted by Gasteiger charge is -2.35. The Hall–Kier alpha value is -4.64. The normalized spacial score (nSPS) is 21.5. The van der Waals surface area contributed by atoms with Crippen molar-refractivity contribution in [3.05, 3.63) is 71.0 Å². The molecule has 8 heterocycles. The summed E-state index contributed by atoms with van der Waals surface area (Å²) in [6.07, 6.45) is 9.20. The molecule has 2 atom stereocenters. The Morgan fingerprint density at radius 3 is 1.74 bits per heavy atom. The van der Waals surface area contributed by atoms with E-state index in [9.17, 15) is 19.2 Å². The number of thioether (sulfide) groups is 2. The Balaban J connectivity index is 0.000000165. The highest BCUT2D eigenvalue weighted by molar-refractivity contribution is 7.99. The predicted molar refractivity (Wildman–Crippen MR) is 266 cm³/mol. The van der Waals surface area contributed by atoms with Crippen molar-refractivity contribution in [1.29, 1.82) is 0 Å². The van der Waals surface area contributed by atoms with Crippen LogP contribution in [0.5, 0.6) is 0 Å². The molecule has 68 heavy (non-hydrogen) atoms. The number of piperidine rings is 2. The van der Waals surface area contributed by atoms with Crippen molar-refractivity contribution < 1.29 is 28.7 Å². The highest BCUT2D eigenvalue weighted by Gasteiger charge is 2.38. The molecule has 11 rings (SSSR count). The second kappa shape index (κ2) is 22.4. The van der Waals surface area contributed by atoms with Gasteiger partial charge in [-0.25, -0.2) is 0 Å². The summed E-state index contributed by atoms with van der Waals surface area (Å²) < 4.78 is 15.1. The van der Waals surface area contributed by atoms with E-state index in [1.165, 1.54) is 21.8 Å². The standard InChI is InChI=1S/C27H34N4O3S.C23H28N4O3S.C2H6/c32-26(29-11-4-1-5-12-29)19-7-6-8-20(17-19)31-25-21-9-2-3-10-23(21)35-18-22(25)24(28-31)27(33)30-13-15-34-16-14-30;1-16(28)25-8-6-17(7-9-25)14-27-22-18-4-2-3-5-20(18)31-15-19(22)21(24-27)23(29)26-10-12-30-13-11-26;1-2/h2-3,9-10,19-20H,1,4-8,11-18H2;2-5,17H,6-15H2,1H3;1-2H3. The minimum Gasteiger partial charge on any atom is -0.378 e. The fourth-order valence-electron chi connectivity index (χ4n) is 10.9. The van der Waals surface area contributed by atoms with E-state index in [-0.39, 0.29) is 29.7 Å². The Labute approximate surface area is 409 Å². The van der Waals surface area contributed by atoms with Crippen molar-refractivity contribution >= 4 is 47.2 Å². The quantitative estimate of drug-likeness (QED) is 0.186. The summed E-state index contributed by atoms with van der Waals surface area (Å²) in [4.78, 5) is 62.2. The summed E-state index contributed by atoms with van der Waals surface area (Å²) in [5.74, 6) is 2.53. The Kier molecular flexibility index (Phi) is 15.9. The van der Waals surface area contributed by atoms with Crippen LogP contribution in [0.25, 0.3) is 22.5 Å². The van der Waals surface area contributed by atoms with Crippen LogP contribution < -0.4 is 0 Å². The van der Waals surface area contributed by atoms with Crippen LogP contribution in [0.1, 0.15) is 117 Å². The van der Waals surface area contributed by atoms with Gasteiger partial charge in [0, 0.05) is 115 Å². The minimum absolute atomic E-state index is 0.0139. The molecule has 2 unspecified atom stereocenters. The molecule has 1 aliphatic carbocycles. The molecule has 5 fully saturated rings. The second-order valence-corrected chi connectivity index (χ2v) is 20.7. The molecule has 2 aromatic carbocycles. The van der Waals surface area contributed by atoms with Gasteiger partial charge >= 0.3 is 0 Å². The Bertz CT molecular complexity index is 2430. The van der Waals surface area contributed by atoms with Crippen molar-refractivity contribution in [2.45, 2.75) is 112 Å². The van der Waals surface area contributed by atoms with Crippen LogP contribution in [-0.4, -0.2) is 142 Å². The molecule has 4 aromatic rings. The topological polar surface area (TPSA) is 135 Å². The number of hydrogen-bond donors (Lipinski definition) is 0. The number of fused-ring (bicyclic) bond motifs is 6. The summed E-state index contributed by atoms with van der Waals surface area (Å²) in [5.41, 5.74) is 7.82. The summed E-state index contributed by atoms with van der Waals surface area (Å²) in [6, 6.07) is 17.0. The van der Waals surface area contributed by atoms with E-state index in [2.05, 4.69) is 62.8 Å². The molecule has 2 aromatic heterocycles. The number of carbonyl (C=O) groups excluding carboxylic acids is 4. The monoisotopic (exact) mass is 964 g/mol. The molecule has 4 amide bonds. The first-order chi connectivity index (χ1) is 33.3. The third-order valence-corrected chi connectivity index (χ3v) is 16.8. The SMILES string of the molecule is CC.CC(=O)N1CCC(Cn2nc(C(=O)N3CCOCC3)c3c2-c2ccccc2SC3)CC1.O=C(c1nn(C2CCCC(C(=O)N3CCCCC3)C2)c2c1CSc1ccccc1-2)N1CCOCC1. The van der Waals surface area contributed by atoms with Crippen LogP contribution in [-0.2, 0) is 37.1 Å². The van der Waals surface area contributed by atoms with E-state index in [4.69, 9.17) is 19.7 Å². The van der Waals surface area contributed by atoms with E-state index in [0.717, 1.165) is 124 Å². The number of ether oxygens (including phenoxy) is 2. The number of hydrogen-bond acceptors (Lipinski definition) is 10. The maximum absolute atomic E-state index is 13.6. The van der Waals surface area contributed by atoms with E-state index in [1.807, 2.05) is 28.5 Å². The molecule has 7 aliphatic rings. The van der Waals surface area contributed by atoms with Crippen molar-refractivity contribution in [2.75, 3.05) is 78.8 Å². The Morgan fingerprint density at radius 1 is 0.603 bits per heavy atom. The van der Waals surface area contributed by atoms with Crippen LogP contribution in [0.15, 0.2) is 58.3 Å². The summed E-state index contributed by atoms with van der Waals surface area (Å²) >= 11 is 3.56. The van der Waals surface area contributed by atoms with E-state index >= 15 is 0 Å². The maximum Gasteiger partial charge on any atom is 0.274 e. The van der Waals surface area contributed by atoms with Crippen LogP contribution in [0.4, 0.5) is 0 Å². The molecule has 0 radical (unpaired) electrons. The number of aromatic nitrogens is 4. The van der Waals surface area contributed by atoms with Crippen LogP contribution in [0.3, 0.4) is 0 Å². The zero-order valence-electron chi connectivity index (χ0n) is 40.2. The van der Waals surface area contributed by atoms with Crippen LogP contribution in [0.2, 0.25) is 0 Å². The summed E-state index contributed by atoms with van der Waals surface area (Å²) in [7, 11) is 0. The molecule has 0 N–H and O–H groups in total. The molecule has 0 spiro atoms. The molecule has 4 saturated heterocycles. The van der Waals surface area contributed by atoms with Gasteiger partial charge in [-0.3, -0.25) is 28.5 Å². The fraction of sp³-hybridized carbons (Fsp3) is 0.577. The predicted octanol–water partition coefficient (Wildman–Crippen LogP) is 8.28. The van der Waals surface area contributed by atoms with Gasteiger partial charge in [-0.1, -0.05) is 56.7 Å². The van der Waals surface area contributed by atoms with Gasteiger partial charge in [-0.15, -0.1) is 23.5 Å². The molecule has 0 bridgehead atoms. The van der Waals surface area contributed by atoms with Gasteiger partial charge in [0.1, 0.15) is 0 Å². The highest BCUT2D eigenvalue weighted by atomic mass is 32.2. The molecular formula is C52H68N8O6S2. The molecule has 1 saturated carbocycles. The smallest absolute Gasteiger partial charge is 0.274 e. The zero-order valence-corrected chi connectivity index (χ0v) is 41.8. The van der Waals surface area contributed by atoms with E-state index in [0.29, 0.717) is 75.8 Å². The summed E-state index contributed by atoms with van der Waals surface area (Å²) in [5, 5.41) is 9.95. The lowest BCUT2D eigenvalue weighted by atomic mass is 9.84. The largest absolute Gasteiger partial charge is 0.378 e. The highest BCUT2D eigenvalue weighted by Crippen LogP contribution is 2.47. The van der Waals surface area contributed by atoms with E-state index < -0.39 is 0 Å². The van der Waals surface area contributed by atoms with Crippen molar-refractivity contribution in [1.82, 2.24) is 39.2 Å². The number of rotatable bonds is 6. The van der Waals surface area contributed by atoms with Gasteiger partial charge < -0.3 is 29.1 Å². The van der Waals surface area contributed by atoms with Crippen molar-refractivity contribution in [3.63, 3.8) is 0 Å². The van der Waals surface area contributed by atoms with Crippen LogP contribution in [0, 0.1) is 11.8 Å². The second-order valence-electron chi connectivity index (χ2n) is 18.7. The first-order valence-corrected chi connectivity index (χ1v) is 27.2. The van der Waals surface area contributed by atoms with Gasteiger partial charge in [-0.05, 0) is 69.4 Å². The first kappa shape index (κ1) is 48.4. The molecule has 6 aliphatic heterocycles. The number of carbonyl (C=O) groups is 4. The van der Waals surface area contributed by atoms with Crippen LogP contribution >= 0.6 is 23.5 Å². The summed E-state index contributed by atoms with van der Waals surface area (Å²) in [6.45, 7) is 14.6. The van der Waals surface area contributed by atoms with E-state index in [1.54, 1.807) is 30.4 Å². The molecule has 14 nitrogen and oxygen atoms in total. The number of benzene rings is 2. The van der Waals surface area contributed by atoms with Gasteiger partial charge in [-0.2, -0.15) is 10.2 Å². The number of nitrogens with zero attached hydrogens (tertiary/aromatic N) is 8. The zero-order chi connectivity index (χ0) is 47.1. The van der Waals surface area contributed by atoms with Gasteiger partial charge in [0.15, 0.2) is 11.4 Å². The third kappa shape index (κ3) is 10.3. The number of likely N-dealkylation sites (tertiary alicyclic amines) is 2. The minimum atomic E-state index is 0.0139. The van der Waals surface area contributed by atoms with Crippen molar-refractivity contribution in [3.8, 4) is 22.5 Å². The molecule has 364 valence electrons. The molecular weight excluding hydrogens is 897 g/mol. The maximum atomic E-state index is 13.6. The van der Waals surface area contributed by atoms with Gasteiger partial charge in [0.2, 0.25) is 11.8 Å². The third-order valence-electron chi connectivity index (χ3n) is 14.6. The average Bonchev–Trinajstić information content (AvgIpc) is 3.99. The fourth-order valence-corrected chi connectivity index (χ4v) is 13.1. The lowest BCUT2D eigenvalue weighted by molar-refractivity contribution is -0.138. The number of morpholine rings is 2. The van der Waals surface area contributed by atoms with Gasteiger partial charge in [0.25, 0.3) is 11.8 Å². The first-order valence-electron chi connectivity index (χ1n) is 25.3. The molecule has 16 heteroatoms. The Morgan fingerprint density at radius 2 is 1.15 bits per heavy atom. The lowest BCUT2D eigenvalue weighted by Crippen LogP contribution is -2.41. The average molecular weight is 965 g/mol. The number of amides is 4.